The van der Waals surface area contributed by atoms with Crippen LogP contribution in [0.1, 0.15) is 35.6 Å². The first-order valence-electron chi connectivity index (χ1n) is 16.8. The Hall–Kier alpha value is -5.38. The van der Waals surface area contributed by atoms with E-state index < -0.39 is 0 Å². The molecule has 0 unspecified atom stereocenters. The number of allylic oxidation sites excluding steroid dienone is 4. The summed E-state index contributed by atoms with van der Waals surface area (Å²) in [4.78, 5) is 2.53. The Bertz CT molecular complexity index is 2590. The number of aryl methyl sites for hydroxylation is 3. The molecule has 0 saturated heterocycles. The van der Waals surface area contributed by atoms with E-state index in [9.17, 15) is 0 Å². The lowest BCUT2D eigenvalue weighted by molar-refractivity contribution is 0.990. The smallest absolute Gasteiger partial charge is 0.0542 e. The summed E-state index contributed by atoms with van der Waals surface area (Å²) in [5.74, 6) is 0. The van der Waals surface area contributed by atoms with E-state index in [-0.39, 0.29) is 0 Å². The van der Waals surface area contributed by atoms with Gasteiger partial charge >= 0.3 is 0 Å². The third kappa shape index (κ3) is 4.53. The van der Waals surface area contributed by atoms with Crippen molar-refractivity contribution >= 4 is 76.0 Å². The molecule has 0 radical (unpaired) electrons. The fourth-order valence-electron chi connectivity index (χ4n) is 7.77. The van der Waals surface area contributed by atoms with Gasteiger partial charge in [0.25, 0.3) is 0 Å². The highest BCUT2D eigenvalue weighted by Gasteiger charge is 2.24. The summed E-state index contributed by atoms with van der Waals surface area (Å²) in [6, 6.07) is 45.1. The molecule has 232 valence electrons. The van der Waals surface area contributed by atoms with Crippen molar-refractivity contribution in [2.24, 2.45) is 0 Å². The second kappa shape index (κ2) is 11.4. The fourth-order valence-corrected chi connectivity index (χ4v) is 8.93. The number of hydrogen-bond donors (Lipinski definition) is 0. The largest absolute Gasteiger partial charge is 0.310 e. The van der Waals surface area contributed by atoms with Crippen molar-refractivity contribution in [3.63, 3.8) is 0 Å². The summed E-state index contributed by atoms with van der Waals surface area (Å²) in [5.41, 5.74) is 13.8. The highest BCUT2D eigenvalue weighted by Crippen LogP contribution is 2.47. The van der Waals surface area contributed by atoms with Gasteiger partial charge in [0.1, 0.15) is 0 Å². The molecule has 1 aliphatic carbocycles. The zero-order valence-electron chi connectivity index (χ0n) is 27.5. The van der Waals surface area contributed by atoms with Gasteiger partial charge in [-0.15, -0.1) is 11.3 Å². The molecule has 2 heterocycles. The van der Waals surface area contributed by atoms with Gasteiger partial charge in [-0.25, -0.2) is 0 Å². The van der Waals surface area contributed by atoms with Crippen molar-refractivity contribution in [2.45, 2.75) is 33.6 Å². The molecule has 0 saturated carbocycles. The predicted molar refractivity (Wildman–Crippen MR) is 209 cm³/mol. The first-order chi connectivity index (χ1) is 23.6. The molecule has 3 heteroatoms. The quantitative estimate of drug-likeness (QED) is 0.187. The molecule has 1 aliphatic rings. The van der Waals surface area contributed by atoms with E-state index in [2.05, 4.69) is 170 Å². The molecule has 0 bridgehead atoms. The lowest BCUT2D eigenvalue weighted by atomic mass is 9.92. The number of aromatic nitrogens is 1. The number of rotatable bonds is 4. The van der Waals surface area contributed by atoms with Crippen LogP contribution in [-0.4, -0.2) is 4.57 Å². The number of nitrogens with zero attached hydrogens (tertiary/aromatic N) is 2. The first-order valence-corrected chi connectivity index (χ1v) is 17.7. The van der Waals surface area contributed by atoms with Crippen molar-refractivity contribution in [1.29, 1.82) is 0 Å². The van der Waals surface area contributed by atoms with Gasteiger partial charge in [-0.2, -0.15) is 0 Å². The minimum Gasteiger partial charge on any atom is -0.310 e. The molecule has 9 rings (SSSR count). The maximum atomic E-state index is 2.53. The number of thiophene rings is 1. The fraction of sp³-hybridized carbons (Fsp3) is 0.111. The van der Waals surface area contributed by atoms with Gasteiger partial charge in [0.15, 0.2) is 0 Å². The average molecular weight is 637 g/mol. The zero-order valence-corrected chi connectivity index (χ0v) is 28.3. The molecule has 0 atom stereocenters. The van der Waals surface area contributed by atoms with Crippen LogP contribution in [0.5, 0.6) is 0 Å². The van der Waals surface area contributed by atoms with Crippen LogP contribution in [-0.2, 0) is 6.42 Å². The molecule has 2 nitrogen and oxygen atoms in total. The van der Waals surface area contributed by atoms with Crippen LogP contribution in [0.15, 0.2) is 140 Å². The minimum atomic E-state index is 1.02. The Kier molecular flexibility index (Phi) is 6.84. The molecule has 0 aliphatic heterocycles. The van der Waals surface area contributed by atoms with E-state index in [4.69, 9.17) is 0 Å². The van der Waals surface area contributed by atoms with Crippen LogP contribution in [0.25, 0.3) is 53.2 Å². The summed E-state index contributed by atoms with van der Waals surface area (Å²) >= 11 is 1.88. The number of hydrogen-bond acceptors (Lipinski definition) is 2. The van der Waals surface area contributed by atoms with Crippen molar-refractivity contribution in [2.75, 3.05) is 4.90 Å². The van der Waals surface area contributed by atoms with E-state index in [1.165, 1.54) is 86.9 Å². The molecule has 0 fully saturated rings. The van der Waals surface area contributed by atoms with E-state index in [0.717, 1.165) is 18.5 Å². The summed E-state index contributed by atoms with van der Waals surface area (Å²) in [7, 11) is 0. The van der Waals surface area contributed by atoms with E-state index >= 15 is 0 Å². The minimum absolute atomic E-state index is 1.02. The van der Waals surface area contributed by atoms with E-state index in [1.807, 2.05) is 11.3 Å². The molecule has 6 aromatic carbocycles. The molecule has 2 aromatic heterocycles. The van der Waals surface area contributed by atoms with Gasteiger partial charge in [-0.05, 0) is 111 Å². The number of para-hydroxylation sites is 1. The molecule has 48 heavy (non-hydrogen) atoms. The van der Waals surface area contributed by atoms with Crippen LogP contribution in [0.2, 0.25) is 0 Å². The highest BCUT2D eigenvalue weighted by atomic mass is 32.1. The van der Waals surface area contributed by atoms with Gasteiger partial charge in [-0.1, -0.05) is 84.5 Å². The maximum Gasteiger partial charge on any atom is 0.0542 e. The first kappa shape index (κ1) is 28.8. The predicted octanol–water partition coefficient (Wildman–Crippen LogP) is 13.1. The van der Waals surface area contributed by atoms with Crippen molar-refractivity contribution in [3.8, 4) is 5.69 Å². The van der Waals surface area contributed by atoms with Gasteiger partial charge in [0, 0.05) is 53.6 Å². The zero-order chi connectivity index (χ0) is 32.4. The van der Waals surface area contributed by atoms with E-state index in [0.29, 0.717) is 0 Å². The van der Waals surface area contributed by atoms with Crippen LogP contribution in [0.3, 0.4) is 0 Å². The summed E-state index contributed by atoms with van der Waals surface area (Å²) in [6.45, 7) is 6.72. The van der Waals surface area contributed by atoms with Crippen LogP contribution >= 0.6 is 11.3 Å². The molecule has 0 N–H and O–H groups in total. The van der Waals surface area contributed by atoms with Gasteiger partial charge < -0.3 is 9.47 Å². The monoisotopic (exact) mass is 636 g/mol. The lowest BCUT2D eigenvalue weighted by Gasteiger charge is -2.31. The normalized spacial score (nSPS) is 14.9. The second-order valence-electron chi connectivity index (χ2n) is 13.0. The molecular formula is C45H36N2S. The summed E-state index contributed by atoms with van der Waals surface area (Å²) < 4.78 is 5.07. The highest BCUT2D eigenvalue weighted by molar-refractivity contribution is 7.25. The van der Waals surface area contributed by atoms with Gasteiger partial charge in [0.2, 0.25) is 0 Å². The van der Waals surface area contributed by atoms with Crippen LogP contribution in [0.4, 0.5) is 17.1 Å². The maximum absolute atomic E-state index is 2.53. The van der Waals surface area contributed by atoms with Gasteiger partial charge in [-0.3, -0.25) is 0 Å². The SMILES string of the molecule is C/C1=C\C=C/CCc2cccc(N(c3ccc4c(c3)c3ccccc3n4-c3ccc(C)cc3)c3ccc4sc5ccccc5c4c3C)c21. The summed E-state index contributed by atoms with van der Waals surface area (Å²) in [6.07, 6.45) is 8.85. The Morgan fingerprint density at radius 2 is 1.44 bits per heavy atom. The average Bonchev–Trinajstić information content (AvgIpc) is 3.65. The Balaban J connectivity index is 1.35. The van der Waals surface area contributed by atoms with Gasteiger partial charge in [0.05, 0.1) is 16.7 Å². The van der Waals surface area contributed by atoms with Crippen molar-refractivity contribution in [1.82, 2.24) is 4.57 Å². The third-order valence-electron chi connectivity index (χ3n) is 10.0. The number of benzene rings is 6. The molecule has 0 amide bonds. The Labute approximate surface area is 285 Å². The number of fused-ring (bicyclic) bond motifs is 7. The Morgan fingerprint density at radius 1 is 0.646 bits per heavy atom. The van der Waals surface area contributed by atoms with Crippen LogP contribution in [0, 0.1) is 13.8 Å². The third-order valence-corrected chi connectivity index (χ3v) is 11.2. The Morgan fingerprint density at radius 3 is 2.31 bits per heavy atom. The van der Waals surface area contributed by atoms with E-state index in [1.54, 1.807) is 0 Å². The lowest BCUT2D eigenvalue weighted by Crippen LogP contribution is -2.14. The topological polar surface area (TPSA) is 8.17 Å². The molecule has 8 aromatic rings. The summed E-state index contributed by atoms with van der Waals surface area (Å²) in [5, 5.41) is 5.19. The second-order valence-corrected chi connectivity index (χ2v) is 14.1. The number of anilines is 3. The van der Waals surface area contributed by atoms with Crippen molar-refractivity contribution in [3.05, 3.63) is 162 Å². The van der Waals surface area contributed by atoms with Crippen LogP contribution < -0.4 is 4.90 Å². The van der Waals surface area contributed by atoms with Crippen molar-refractivity contribution < 1.29 is 0 Å². The standard InChI is InChI=1S/C45H36N2S/c1-29-20-22-33(23-21-29)46-39-17-9-7-15-35(39)37-28-34(24-25-40(37)46)47(41-18-11-14-32-13-6-4-5-12-30(2)44(32)41)38-26-27-43-45(31(38)3)36-16-8-10-19-42(36)48-43/h4-5,7-12,14-28H,6,13H2,1-3H3/b5-4-,30-12+. The molecular weight excluding hydrogens is 601 g/mol. The molecule has 0 spiro atoms.